The maximum absolute atomic E-state index is 12.8. The number of azo groups is 3. The molecule has 0 aliphatic carbocycles. The molecule has 236 valence electrons. The molecule has 12 heteroatoms. The second kappa shape index (κ2) is 13.6. The van der Waals surface area contributed by atoms with E-state index in [1.807, 2.05) is 61.5 Å². The van der Waals surface area contributed by atoms with E-state index in [9.17, 15) is 13.2 Å². The van der Waals surface area contributed by atoms with E-state index in [0.717, 1.165) is 61.6 Å². The summed E-state index contributed by atoms with van der Waals surface area (Å²) in [6.07, 6.45) is -3.50. The van der Waals surface area contributed by atoms with Gasteiger partial charge in [-0.25, -0.2) is 4.98 Å². The second-order valence-electron chi connectivity index (χ2n) is 10.9. The van der Waals surface area contributed by atoms with Crippen LogP contribution in [0.5, 0.6) is 0 Å². The van der Waals surface area contributed by atoms with E-state index in [-0.39, 0.29) is 5.13 Å². The van der Waals surface area contributed by atoms with Crippen LogP contribution in [-0.4, -0.2) is 11.0 Å². The molecule has 1 atom stereocenters. The van der Waals surface area contributed by atoms with Crippen molar-refractivity contribution >= 4 is 72.1 Å². The maximum Gasteiger partial charge on any atom is 0.434 e. The van der Waals surface area contributed by atoms with Gasteiger partial charge in [0.1, 0.15) is 0 Å². The van der Waals surface area contributed by atoms with Crippen LogP contribution >= 0.6 is 11.3 Å². The van der Waals surface area contributed by atoms with Gasteiger partial charge in [-0.1, -0.05) is 55.5 Å². The molecule has 6 aromatic rings. The number of aryl methyl sites for hydroxylation is 1. The molecule has 0 saturated carbocycles. The molecular weight excluding hydrogens is 622 g/mol. The van der Waals surface area contributed by atoms with Gasteiger partial charge in [0, 0.05) is 38.7 Å². The number of aromatic nitrogens is 1. The summed E-state index contributed by atoms with van der Waals surface area (Å²) in [5, 5.41) is 34.5. The van der Waals surface area contributed by atoms with Crippen molar-refractivity contribution in [2.24, 2.45) is 30.7 Å². The number of thiazole rings is 1. The van der Waals surface area contributed by atoms with Gasteiger partial charge in [0.25, 0.3) is 0 Å². The van der Waals surface area contributed by atoms with Gasteiger partial charge in [0.15, 0.2) is 5.69 Å². The lowest BCUT2D eigenvalue weighted by Crippen LogP contribution is -2.13. The fraction of sp³-hybridized carbons (Fsp3) is 0.171. The number of benzene rings is 5. The third kappa shape index (κ3) is 7.23. The summed E-state index contributed by atoms with van der Waals surface area (Å²) >= 11 is 0.775. The number of fused-ring (bicyclic) bond motifs is 2. The van der Waals surface area contributed by atoms with Crippen LogP contribution < -0.4 is 5.32 Å². The monoisotopic (exact) mass is 650 g/mol. The first-order valence-electron chi connectivity index (χ1n) is 14.9. The topological polar surface area (TPSA) is 99.1 Å². The van der Waals surface area contributed by atoms with Gasteiger partial charge in [0.05, 0.1) is 28.4 Å². The molecule has 0 aliphatic rings. The SMILES string of the molecule is CCC(C)Nc1ccc(N=Nc2ccc(N=Nc3ccc(N=Nc4nc(C(F)(F)F)cs4)cc3C)c3ccccc23)c2ccccc12. The lowest BCUT2D eigenvalue weighted by molar-refractivity contribution is -0.140. The Bertz CT molecular complexity index is 2150. The molecule has 0 fully saturated rings. The first-order valence-corrected chi connectivity index (χ1v) is 15.8. The number of nitrogens with zero attached hydrogens (tertiary/aromatic N) is 7. The smallest absolute Gasteiger partial charge is 0.382 e. The van der Waals surface area contributed by atoms with E-state index in [4.69, 9.17) is 0 Å². The van der Waals surface area contributed by atoms with Crippen molar-refractivity contribution in [3.63, 3.8) is 0 Å². The van der Waals surface area contributed by atoms with Gasteiger partial charge < -0.3 is 5.32 Å². The molecule has 1 N–H and O–H groups in total. The summed E-state index contributed by atoms with van der Waals surface area (Å²) < 4.78 is 38.4. The average Bonchev–Trinajstić information content (AvgIpc) is 3.57. The van der Waals surface area contributed by atoms with E-state index in [1.54, 1.807) is 18.2 Å². The number of alkyl halides is 3. The number of hydrogen-bond donors (Lipinski definition) is 1. The fourth-order valence-corrected chi connectivity index (χ4v) is 5.52. The Balaban J connectivity index is 1.23. The van der Waals surface area contributed by atoms with Gasteiger partial charge >= 0.3 is 6.18 Å². The molecule has 0 spiro atoms. The first-order chi connectivity index (χ1) is 22.7. The minimum atomic E-state index is -4.52. The molecule has 0 radical (unpaired) electrons. The standard InChI is InChI=1S/C35H29F3N8S/c1-4-22(3)39-29-15-16-30(25-10-6-5-9-24(25)29)44-45-32-18-17-31(26-11-7-8-12-27(26)32)43-42-28-14-13-23(19-21(28)2)41-46-34-40-33(20-47-34)35(36,37)38/h5-20,22,39H,4H2,1-3H3. The summed E-state index contributed by atoms with van der Waals surface area (Å²) in [7, 11) is 0. The van der Waals surface area contributed by atoms with Crippen LogP contribution in [0.2, 0.25) is 0 Å². The van der Waals surface area contributed by atoms with Gasteiger partial charge in [0.2, 0.25) is 5.13 Å². The molecule has 5 aromatic carbocycles. The van der Waals surface area contributed by atoms with Gasteiger partial charge in [-0.05, 0) is 68.3 Å². The Labute approximate surface area is 272 Å². The van der Waals surface area contributed by atoms with Crippen LogP contribution in [0, 0.1) is 6.92 Å². The van der Waals surface area contributed by atoms with E-state index in [0.29, 0.717) is 28.8 Å². The highest BCUT2D eigenvalue weighted by Crippen LogP contribution is 2.38. The van der Waals surface area contributed by atoms with Crippen molar-refractivity contribution in [1.29, 1.82) is 0 Å². The van der Waals surface area contributed by atoms with Crippen molar-refractivity contribution in [3.8, 4) is 0 Å². The number of nitrogens with one attached hydrogen (secondary N) is 1. The summed E-state index contributed by atoms with van der Waals surface area (Å²) in [5.41, 5.74) is 4.08. The van der Waals surface area contributed by atoms with Crippen molar-refractivity contribution in [3.05, 3.63) is 108 Å². The molecular formula is C35H29F3N8S. The average molecular weight is 651 g/mol. The zero-order valence-electron chi connectivity index (χ0n) is 25.7. The van der Waals surface area contributed by atoms with Crippen LogP contribution in [-0.2, 0) is 6.18 Å². The quantitative estimate of drug-likeness (QED) is 0.157. The summed E-state index contributed by atoms with van der Waals surface area (Å²) in [5.74, 6) is 0. The molecule has 1 aromatic heterocycles. The lowest BCUT2D eigenvalue weighted by atomic mass is 10.1. The Morgan fingerprint density at radius 2 is 1.23 bits per heavy atom. The van der Waals surface area contributed by atoms with Crippen molar-refractivity contribution < 1.29 is 13.2 Å². The molecule has 0 aliphatic heterocycles. The van der Waals surface area contributed by atoms with Crippen molar-refractivity contribution in [2.45, 2.75) is 39.4 Å². The minimum Gasteiger partial charge on any atom is -0.382 e. The third-order valence-electron chi connectivity index (χ3n) is 7.54. The van der Waals surface area contributed by atoms with Crippen LogP contribution in [0.3, 0.4) is 0 Å². The van der Waals surface area contributed by atoms with Crippen LogP contribution in [0.1, 0.15) is 31.5 Å². The lowest BCUT2D eigenvalue weighted by Gasteiger charge is -2.15. The highest BCUT2D eigenvalue weighted by atomic mass is 32.1. The summed E-state index contributed by atoms with van der Waals surface area (Å²) in [6.45, 7) is 6.16. The molecule has 1 heterocycles. The first kappa shape index (κ1) is 31.6. The van der Waals surface area contributed by atoms with Gasteiger partial charge in [-0.3, -0.25) is 0 Å². The Morgan fingerprint density at radius 1 is 0.702 bits per heavy atom. The van der Waals surface area contributed by atoms with E-state index < -0.39 is 11.9 Å². The molecule has 6 rings (SSSR count). The Morgan fingerprint density at radius 3 is 1.79 bits per heavy atom. The van der Waals surface area contributed by atoms with Gasteiger partial charge in [-0.2, -0.15) is 18.3 Å². The third-order valence-corrected chi connectivity index (χ3v) is 8.26. The molecule has 0 bridgehead atoms. The molecule has 8 nitrogen and oxygen atoms in total. The number of anilines is 1. The van der Waals surface area contributed by atoms with Crippen LogP contribution in [0.15, 0.2) is 127 Å². The normalized spacial score (nSPS) is 13.1. The molecule has 0 saturated heterocycles. The zero-order chi connectivity index (χ0) is 33.0. The number of halogens is 3. The number of hydrogen-bond acceptors (Lipinski definition) is 9. The highest BCUT2D eigenvalue weighted by molar-refractivity contribution is 7.13. The predicted octanol–water partition coefficient (Wildman–Crippen LogP) is 13.2. The van der Waals surface area contributed by atoms with Crippen LogP contribution in [0.25, 0.3) is 21.5 Å². The summed E-state index contributed by atoms with van der Waals surface area (Å²) in [4.78, 5) is 3.47. The van der Waals surface area contributed by atoms with Gasteiger partial charge in [-0.15, -0.1) is 36.9 Å². The molecule has 0 amide bonds. The molecule has 47 heavy (non-hydrogen) atoms. The second-order valence-corrected chi connectivity index (χ2v) is 11.7. The predicted molar refractivity (Wildman–Crippen MR) is 182 cm³/mol. The maximum atomic E-state index is 12.8. The molecule has 1 unspecified atom stereocenters. The Kier molecular flexibility index (Phi) is 9.12. The Hall–Kier alpha value is -5.36. The van der Waals surface area contributed by atoms with Crippen LogP contribution in [0.4, 0.5) is 52.4 Å². The van der Waals surface area contributed by atoms with E-state index in [2.05, 4.69) is 73.0 Å². The minimum absolute atomic E-state index is 0.0748. The largest absolute Gasteiger partial charge is 0.434 e. The van der Waals surface area contributed by atoms with Crippen molar-refractivity contribution in [1.82, 2.24) is 4.98 Å². The highest BCUT2D eigenvalue weighted by Gasteiger charge is 2.33. The zero-order valence-corrected chi connectivity index (χ0v) is 26.5. The summed E-state index contributed by atoms with van der Waals surface area (Å²) in [6, 6.07) is 29.2. The number of rotatable bonds is 9. The van der Waals surface area contributed by atoms with Crippen molar-refractivity contribution in [2.75, 3.05) is 5.32 Å². The van der Waals surface area contributed by atoms with E-state index >= 15 is 0 Å². The van der Waals surface area contributed by atoms with E-state index in [1.165, 1.54) is 0 Å². The fourth-order valence-electron chi connectivity index (χ4n) is 4.88.